The Morgan fingerprint density at radius 3 is 2.34 bits per heavy atom. The molecule has 0 aromatic heterocycles. The average Bonchev–Trinajstić information content (AvgIpc) is 3.37. The Kier molecular flexibility index (Phi) is 7.65. The zero-order valence-corrected chi connectivity index (χ0v) is 28.0. The molecule has 0 unspecified atom stereocenters. The molecular weight excluding hydrogens is 544 g/mol. The minimum Gasteiger partial charge on any atom is -0.478 e. The van der Waals surface area contributed by atoms with Crippen LogP contribution in [-0.2, 0) is 20.9 Å². The first kappa shape index (κ1) is 31.4. The molecule has 0 saturated heterocycles. The number of fused-ring (bicyclic) bond motifs is 7. The van der Waals surface area contributed by atoms with Crippen molar-refractivity contribution in [3.63, 3.8) is 0 Å². The minimum absolute atomic E-state index is 0.0289. The van der Waals surface area contributed by atoms with Gasteiger partial charge >= 0.3 is 11.9 Å². The summed E-state index contributed by atoms with van der Waals surface area (Å²) in [5.41, 5.74) is 3.48. The van der Waals surface area contributed by atoms with Crippen LogP contribution in [0.15, 0.2) is 66.3 Å². The Balaban J connectivity index is 1.33. The van der Waals surface area contributed by atoms with E-state index in [9.17, 15) is 14.7 Å². The van der Waals surface area contributed by atoms with Gasteiger partial charge in [-0.05, 0) is 127 Å². The van der Waals surface area contributed by atoms with Crippen LogP contribution in [0.1, 0.15) is 105 Å². The van der Waals surface area contributed by atoms with Crippen molar-refractivity contribution >= 4 is 11.9 Å². The van der Waals surface area contributed by atoms with Crippen LogP contribution < -0.4 is 0 Å². The lowest BCUT2D eigenvalue weighted by molar-refractivity contribution is -0.230. The van der Waals surface area contributed by atoms with Crippen molar-refractivity contribution in [3.8, 4) is 0 Å². The van der Waals surface area contributed by atoms with Gasteiger partial charge in [0.1, 0.15) is 6.61 Å². The van der Waals surface area contributed by atoms with Gasteiger partial charge in [0.2, 0.25) is 0 Å². The van der Waals surface area contributed by atoms with Crippen LogP contribution in [0.25, 0.3) is 0 Å². The van der Waals surface area contributed by atoms with Crippen molar-refractivity contribution < 1.29 is 19.4 Å². The third-order valence-corrected chi connectivity index (χ3v) is 14.7. The number of carbonyl (C=O) groups is 2. The predicted molar refractivity (Wildman–Crippen MR) is 175 cm³/mol. The predicted octanol–water partition coefficient (Wildman–Crippen LogP) is 9.56. The summed E-state index contributed by atoms with van der Waals surface area (Å²) in [6, 6.07) is 10.1. The summed E-state index contributed by atoms with van der Waals surface area (Å²) in [5.74, 6) is 1.40. The van der Waals surface area contributed by atoms with E-state index in [1.807, 2.05) is 36.4 Å². The molecule has 9 atom stereocenters. The highest BCUT2D eigenvalue weighted by Gasteiger charge is 2.71. The van der Waals surface area contributed by atoms with Crippen molar-refractivity contribution in [2.24, 2.45) is 56.7 Å². The Morgan fingerprint density at radius 1 is 0.932 bits per heavy atom. The number of ether oxygens (including phenoxy) is 1. The zero-order chi connectivity index (χ0) is 31.7. The van der Waals surface area contributed by atoms with E-state index < -0.39 is 11.4 Å². The first-order valence-electron chi connectivity index (χ1n) is 17.2. The molecule has 0 radical (unpaired) electrons. The number of carboxylic acids is 1. The molecule has 1 aromatic carbocycles. The minimum atomic E-state index is -0.880. The lowest BCUT2D eigenvalue weighted by Crippen LogP contribution is -2.66. The first-order chi connectivity index (χ1) is 20.7. The Morgan fingerprint density at radius 2 is 1.66 bits per heavy atom. The lowest BCUT2D eigenvalue weighted by Gasteiger charge is -2.72. The second kappa shape index (κ2) is 10.7. The van der Waals surface area contributed by atoms with Crippen molar-refractivity contribution in [2.45, 2.75) is 106 Å². The van der Waals surface area contributed by atoms with Crippen molar-refractivity contribution in [3.05, 3.63) is 71.8 Å². The molecular formula is C40H54O4. The topological polar surface area (TPSA) is 63.6 Å². The fraction of sp³-hybridized carbons (Fsp3) is 0.650. The summed E-state index contributed by atoms with van der Waals surface area (Å²) >= 11 is 0. The molecule has 0 amide bonds. The Bertz CT molecular complexity index is 1390. The van der Waals surface area contributed by atoms with Gasteiger partial charge in [0.15, 0.2) is 0 Å². The van der Waals surface area contributed by atoms with Gasteiger partial charge < -0.3 is 9.84 Å². The first-order valence-corrected chi connectivity index (χ1v) is 17.2. The molecule has 6 rings (SSSR count). The van der Waals surface area contributed by atoms with Crippen LogP contribution in [0.3, 0.4) is 0 Å². The van der Waals surface area contributed by atoms with E-state index in [0.717, 1.165) is 50.5 Å². The highest BCUT2D eigenvalue weighted by Crippen LogP contribution is 2.77. The number of rotatable bonds is 6. The monoisotopic (exact) mass is 598 g/mol. The normalized spacial score (nSPS) is 42.3. The van der Waals surface area contributed by atoms with Gasteiger partial charge in [-0.3, -0.25) is 4.79 Å². The third kappa shape index (κ3) is 4.43. The van der Waals surface area contributed by atoms with E-state index in [4.69, 9.17) is 4.74 Å². The molecule has 0 heterocycles. The molecule has 5 aliphatic carbocycles. The molecule has 1 aromatic rings. The Hall–Kier alpha value is -2.62. The van der Waals surface area contributed by atoms with Gasteiger partial charge in [-0.25, -0.2) is 4.79 Å². The number of esters is 1. The van der Waals surface area contributed by atoms with Gasteiger partial charge in [-0.2, -0.15) is 0 Å². The average molecular weight is 599 g/mol. The van der Waals surface area contributed by atoms with E-state index in [1.165, 1.54) is 30.1 Å². The second-order valence-corrected chi connectivity index (χ2v) is 16.7. The van der Waals surface area contributed by atoms with Crippen molar-refractivity contribution in [1.82, 2.24) is 0 Å². The van der Waals surface area contributed by atoms with Crippen molar-refractivity contribution in [2.75, 3.05) is 0 Å². The van der Waals surface area contributed by atoms with E-state index in [2.05, 4.69) is 54.2 Å². The van der Waals surface area contributed by atoms with Crippen LogP contribution in [0, 0.1) is 56.7 Å². The molecule has 4 saturated carbocycles. The van der Waals surface area contributed by atoms with Gasteiger partial charge in [0.05, 0.1) is 5.41 Å². The molecule has 238 valence electrons. The number of hydrogen-bond acceptors (Lipinski definition) is 3. The van der Waals surface area contributed by atoms with Gasteiger partial charge in [-0.1, -0.05) is 89.3 Å². The molecule has 5 aliphatic rings. The van der Waals surface area contributed by atoms with Crippen LogP contribution in [0.2, 0.25) is 0 Å². The van der Waals surface area contributed by atoms with Crippen LogP contribution >= 0.6 is 0 Å². The molecule has 0 aliphatic heterocycles. The highest BCUT2D eigenvalue weighted by molar-refractivity contribution is 5.80. The summed E-state index contributed by atoms with van der Waals surface area (Å²) in [6.07, 6.45) is 15.2. The summed E-state index contributed by atoms with van der Waals surface area (Å²) in [5, 5.41) is 9.33. The second-order valence-electron chi connectivity index (χ2n) is 16.7. The van der Waals surface area contributed by atoms with Gasteiger partial charge in [-0.15, -0.1) is 0 Å². The molecule has 1 N–H and O–H groups in total. The third-order valence-electron chi connectivity index (χ3n) is 14.7. The molecule has 0 bridgehead atoms. The summed E-state index contributed by atoms with van der Waals surface area (Å²) in [4.78, 5) is 25.6. The Labute approximate surface area is 265 Å². The fourth-order valence-corrected chi connectivity index (χ4v) is 12.4. The van der Waals surface area contributed by atoms with Crippen molar-refractivity contribution in [1.29, 1.82) is 0 Å². The number of carbonyl (C=O) groups excluding carboxylic acids is 1. The molecule has 4 fully saturated rings. The summed E-state index contributed by atoms with van der Waals surface area (Å²) < 4.78 is 6.18. The summed E-state index contributed by atoms with van der Waals surface area (Å²) in [6.45, 7) is 19.5. The maximum atomic E-state index is 14.2. The fourth-order valence-electron chi connectivity index (χ4n) is 12.4. The number of aliphatic carboxylic acids is 1. The van der Waals surface area contributed by atoms with Crippen LogP contribution in [-0.4, -0.2) is 17.0 Å². The maximum Gasteiger partial charge on any atom is 0.328 e. The molecule has 0 spiro atoms. The number of benzene rings is 1. The summed E-state index contributed by atoms with van der Waals surface area (Å²) in [7, 11) is 0. The van der Waals surface area contributed by atoms with E-state index >= 15 is 0 Å². The smallest absolute Gasteiger partial charge is 0.328 e. The zero-order valence-electron chi connectivity index (χ0n) is 28.0. The molecule has 4 nitrogen and oxygen atoms in total. The van der Waals surface area contributed by atoms with Gasteiger partial charge in [0, 0.05) is 6.08 Å². The molecule has 4 heteroatoms. The van der Waals surface area contributed by atoms with E-state index in [-0.39, 0.29) is 27.6 Å². The quantitative estimate of drug-likeness (QED) is 0.201. The van der Waals surface area contributed by atoms with Crippen LogP contribution in [0.5, 0.6) is 0 Å². The van der Waals surface area contributed by atoms with E-state index in [1.54, 1.807) is 0 Å². The largest absolute Gasteiger partial charge is 0.478 e. The van der Waals surface area contributed by atoms with Crippen LogP contribution in [0.4, 0.5) is 0 Å². The lowest BCUT2D eigenvalue weighted by atomic mass is 9.32. The number of hydrogen-bond donors (Lipinski definition) is 1. The number of allylic oxidation sites excluding steroid dienone is 4. The standard InChI is InChI=1S/C40H54O4/c1-26(2)29-18-22-40(35(43)44-25-27-11-9-8-10-12-27)24-23-38(6)30(34(29)40)14-15-32-37(5)20-17-28(13-16-33(41)42)36(3,4)31(37)19-21-39(32,38)7/h8-13,16-17,29-32,34H,1,14-15,18-25H2,2-7H3,(H,41,42)/t29-,30+,31-,32+,34+,37-,38+,39+,40-/m0/s1. The maximum absolute atomic E-state index is 14.2. The van der Waals surface area contributed by atoms with E-state index in [0.29, 0.717) is 36.2 Å². The highest BCUT2D eigenvalue weighted by atomic mass is 16.5. The SMILES string of the molecule is C=C(C)[C@@H]1CC[C@]2(C(=O)OCc3ccccc3)CC[C@]3(C)[C@H](CC[C@@H]4[C@@]5(C)CC=C(C=CC(=O)O)C(C)(C)[C@@H]5CC[C@]43C)[C@@H]12. The number of carboxylic acid groups (broad SMARTS) is 1. The van der Waals surface area contributed by atoms with Gasteiger partial charge in [0.25, 0.3) is 0 Å². The molecule has 44 heavy (non-hydrogen) atoms.